The van der Waals surface area contributed by atoms with Crippen molar-refractivity contribution < 1.29 is 13.2 Å². The molecule has 4 aromatic rings. The molecule has 154 valence electrons. The minimum absolute atomic E-state index is 0.229. The SMILES string of the molecule is CS(=O)(=O)N1CCn2c(nc3c(N)nc4cc(OCc5ccccc5)ccc4c32)C1. The van der Waals surface area contributed by atoms with Gasteiger partial charge in [0.1, 0.15) is 23.7 Å². The molecular weight excluding hydrogens is 402 g/mol. The normalized spacial score (nSPS) is 14.8. The van der Waals surface area contributed by atoms with Crippen molar-refractivity contribution in [2.45, 2.75) is 19.7 Å². The summed E-state index contributed by atoms with van der Waals surface area (Å²) in [4.78, 5) is 9.12. The average molecular weight is 423 g/mol. The van der Waals surface area contributed by atoms with Gasteiger partial charge in [-0.25, -0.2) is 18.4 Å². The summed E-state index contributed by atoms with van der Waals surface area (Å²) >= 11 is 0. The number of benzene rings is 2. The van der Waals surface area contributed by atoms with Crippen LogP contribution in [0.1, 0.15) is 11.4 Å². The van der Waals surface area contributed by atoms with Crippen LogP contribution >= 0.6 is 0 Å². The Morgan fingerprint density at radius 1 is 1.10 bits per heavy atom. The number of pyridine rings is 1. The lowest BCUT2D eigenvalue weighted by Gasteiger charge is -2.25. The van der Waals surface area contributed by atoms with Gasteiger partial charge in [0.2, 0.25) is 10.0 Å². The lowest BCUT2D eigenvalue weighted by molar-refractivity contribution is 0.306. The highest BCUT2D eigenvalue weighted by molar-refractivity contribution is 7.88. The molecule has 0 amide bonds. The number of sulfonamides is 1. The fourth-order valence-electron chi connectivity index (χ4n) is 3.86. The number of hydrogen-bond donors (Lipinski definition) is 1. The summed E-state index contributed by atoms with van der Waals surface area (Å²) in [6.45, 7) is 1.61. The number of hydrogen-bond acceptors (Lipinski definition) is 6. The van der Waals surface area contributed by atoms with Gasteiger partial charge in [-0.3, -0.25) is 0 Å². The second-order valence-electron chi connectivity index (χ2n) is 7.42. The molecule has 2 aromatic carbocycles. The number of nitrogen functional groups attached to an aromatic ring is 1. The quantitative estimate of drug-likeness (QED) is 0.541. The molecule has 8 nitrogen and oxygen atoms in total. The van der Waals surface area contributed by atoms with E-state index in [1.807, 2.05) is 53.1 Å². The molecule has 0 unspecified atom stereocenters. The maximum absolute atomic E-state index is 11.9. The van der Waals surface area contributed by atoms with E-state index in [1.54, 1.807) is 0 Å². The summed E-state index contributed by atoms with van der Waals surface area (Å²) in [7, 11) is -3.28. The van der Waals surface area contributed by atoms with Crippen LogP contribution in [0.2, 0.25) is 0 Å². The third-order valence-corrected chi connectivity index (χ3v) is 6.61. The van der Waals surface area contributed by atoms with Crippen LogP contribution in [0.25, 0.3) is 21.9 Å². The smallest absolute Gasteiger partial charge is 0.211 e. The number of imidazole rings is 1. The highest BCUT2D eigenvalue weighted by Gasteiger charge is 2.27. The first-order valence-electron chi connectivity index (χ1n) is 9.60. The summed E-state index contributed by atoms with van der Waals surface area (Å²) < 4.78 is 33.3. The zero-order valence-corrected chi connectivity index (χ0v) is 17.3. The van der Waals surface area contributed by atoms with Crippen LogP contribution < -0.4 is 10.5 Å². The summed E-state index contributed by atoms with van der Waals surface area (Å²) in [5.41, 5.74) is 9.50. The molecule has 0 bridgehead atoms. The second-order valence-corrected chi connectivity index (χ2v) is 9.41. The first-order chi connectivity index (χ1) is 14.4. The minimum atomic E-state index is -3.28. The van der Waals surface area contributed by atoms with Gasteiger partial charge >= 0.3 is 0 Å². The molecule has 0 saturated heterocycles. The summed E-state index contributed by atoms with van der Waals surface area (Å²) in [6.07, 6.45) is 1.22. The molecule has 0 spiro atoms. The number of nitrogens with two attached hydrogens (primary N) is 1. The maximum atomic E-state index is 11.9. The van der Waals surface area contributed by atoms with Gasteiger partial charge in [0.25, 0.3) is 0 Å². The van der Waals surface area contributed by atoms with Gasteiger partial charge in [-0.15, -0.1) is 0 Å². The van der Waals surface area contributed by atoms with Crippen LogP contribution in [0.5, 0.6) is 5.75 Å². The molecule has 30 heavy (non-hydrogen) atoms. The Bertz CT molecular complexity index is 1370. The van der Waals surface area contributed by atoms with E-state index in [-0.39, 0.29) is 6.54 Å². The lowest BCUT2D eigenvalue weighted by atomic mass is 10.1. The highest BCUT2D eigenvalue weighted by atomic mass is 32.2. The number of fused-ring (bicyclic) bond motifs is 5. The van der Waals surface area contributed by atoms with E-state index in [2.05, 4.69) is 9.97 Å². The Morgan fingerprint density at radius 3 is 2.67 bits per heavy atom. The predicted octanol–water partition coefficient (Wildman–Crippen LogP) is 2.52. The fourth-order valence-corrected chi connectivity index (χ4v) is 4.62. The van der Waals surface area contributed by atoms with E-state index < -0.39 is 10.0 Å². The van der Waals surface area contributed by atoms with Crippen molar-refractivity contribution in [3.63, 3.8) is 0 Å². The van der Waals surface area contributed by atoms with E-state index in [0.29, 0.717) is 42.6 Å². The zero-order chi connectivity index (χ0) is 20.9. The van der Waals surface area contributed by atoms with E-state index in [0.717, 1.165) is 22.0 Å². The summed E-state index contributed by atoms with van der Waals surface area (Å²) in [5.74, 6) is 1.71. The standard InChI is InChI=1S/C21H21N5O3S/c1-30(27,28)25-9-10-26-18(12-25)24-19-20(26)16-8-7-15(11-17(16)23-21(19)22)29-13-14-5-3-2-4-6-14/h2-8,11H,9-10,12-13H2,1H3,(H2,22,23). The second kappa shape index (κ2) is 6.96. The molecule has 0 atom stereocenters. The van der Waals surface area contributed by atoms with Gasteiger partial charge in [0.05, 0.1) is 23.8 Å². The van der Waals surface area contributed by atoms with Gasteiger partial charge in [0, 0.05) is 24.5 Å². The van der Waals surface area contributed by atoms with Crippen LogP contribution in [0, 0.1) is 0 Å². The highest BCUT2D eigenvalue weighted by Crippen LogP contribution is 2.32. The van der Waals surface area contributed by atoms with Crippen molar-refractivity contribution in [2.24, 2.45) is 0 Å². The largest absolute Gasteiger partial charge is 0.489 e. The molecule has 0 aliphatic carbocycles. The van der Waals surface area contributed by atoms with Crippen molar-refractivity contribution in [3.8, 4) is 5.75 Å². The number of rotatable bonds is 4. The molecule has 5 rings (SSSR count). The van der Waals surface area contributed by atoms with Crippen LogP contribution in [-0.4, -0.2) is 40.1 Å². The Kier molecular flexibility index (Phi) is 4.37. The summed E-state index contributed by atoms with van der Waals surface area (Å²) in [6, 6.07) is 15.7. The molecule has 1 aliphatic heterocycles. The van der Waals surface area contributed by atoms with Crippen LogP contribution in [-0.2, 0) is 29.7 Å². The molecule has 3 heterocycles. The Balaban J connectivity index is 1.54. The third-order valence-electron chi connectivity index (χ3n) is 5.36. The number of ether oxygens (including phenoxy) is 1. The van der Waals surface area contributed by atoms with E-state index in [9.17, 15) is 8.42 Å². The Labute approximate surface area is 174 Å². The van der Waals surface area contributed by atoms with Crippen LogP contribution in [0.3, 0.4) is 0 Å². The molecule has 0 radical (unpaired) electrons. The molecule has 0 saturated carbocycles. The molecule has 0 fully saturated rings. The Hall–Kier alpha value is -3.17. The van der Waals surface area contributed by atoms with E-state index in [1.165, 1.54) is 10.6 Å². The maximum Gasteiger partial charge on any atom is 0.211 e. The van der Waals surface area contributed by atoms with Gasteiger partial charge in [-0.1, -0.05) is 30.3 Å². The topological polar surface area (TPSA) is 103 Å². The molecule has 2 aromatic heterocycles. The third kappa shape index (κ3) is 3.25. The average Bonchev–Trinajstić information content (AvgIpc) is 3.12. The molecule has 1 aliphatic rings. The first-order valence-corrected chi connectivity index (χ1v) is 11.5. The van der Waals surface area contributed by atoms with Crippen molar-refractivity contribution in [1.29, 1.82) is 0 Å². The number of nitrogens with zero attached hydrogens (tertiary/aromatic N) is 4. The summed E-state index contributed by atoms with van der Waals surface area (Å²) in [5, 5.41) is 0.915. The molecule has 2 N–H and O–H groups in total. The zero-order valence-electron chi connectivity index (χ0n) is 16.4. The van der Waals surface area contributed by atoms with Crippen molar-refractivity contribution in [3.05, 3.63) is 59.9 Å². The van der Waals surface area contributed by atoms with Gasteiger partial charge in [-0.05, 0) is 17.7 Å². The van der Waals surface area contributed by atoms with Crippen LogP contribution in [0.15, 0.2) is 48.5 Å². The molecular formula is C21H21N5O3S. The lowest BCUT2D eigenvalue weighted by Crippen LogP contribution is -2.37. The number of anilines is 1. The minimum Gasteiger partial charge on any atom is -0.489 e. The van der Waals surface area contributed by atoms with E-state index >= 15 is 0 Å². The van der Waals surface area contributed by atoms with E-state index in [4.69, 9.17) is 10.5 Å². The van der Waals surface area contributed by atoms with Gasteiger partial charge < -0.3 is 15.0 Å². The first kappa shape index (κ1) is 18.8. The van der Waals surface area contributed by atoms with Crippen molar-refractivity contribution >= 4 is 37.8 Å². The van der Waals surface area contributed by atoms with Crippen molar-refractivity contribution in [1.82, 2.24) is 18.8 Å². The van der Waals surface area contributed by atoms with Gasteiger partial charge in [0.15, 0.2) is 5.82 Å². The van der Waals surface area contributed by atoms with Crippen molar-refractivity contribution in [2.75, 3.05) is 18.5 Å². The molecule has 9 heteroatoms. The number of aromatic nitrogens is 3. The Morgan fingerprint density at radius 2 is 1.90 bits per heavy atom. The fraction of sp³-hybridized carbons (Fsp3) is 0.238. The monoisotopic (exact) mass is 423 g/mol. The predicted molar refractivity (Wildman–Crippen MR) is 115 cm³/mol. The van der Waals surface area contributed by atoms with Gasteiger partial charge in [-0.2, -0.15) is 4.31 Å². The van der Waals surface area contributed by atoms with Crippen LogP contribution in [0.4, 0.5) is 5.82 Å².